The first-order valence-corrected chi connectivity index (χ1v) is 17.0. The quantitative estimate of drug-likeness (QED) is 0.293. The fourth-order valence-corrected chi connectivity index (χ4v) is 8.85. The second-order valence-electron chi connectivity index (χ2n) is 14.4. The Morgan fingerprint density at radius 1 is 1.06 bits per heavy atom. The van der Waals surface area contributed by atoms with Gasteiger partial charge in [0.05, 0.1) is 17.7 Å². The lowest BCUT2D eigenvalue weighted by molar-refractivity contribution is 0.107. The molecule has 1 aliphatic carbocycles. The van der Waals surface area contributed by atoms with Gasteiger partial charge in [0.15, 0.2) is 17.4 Å². The number of aromatic hydroxyl groups is 1. The van der Waals surface area contributed by atoms with E-state index in [2.05, 4.69) is 20.1 Å². The van der Waals surface area contributed by atoms with Crippen LogP contribution in [0.1, 0.15) is 44.9 Å². The van der Waals surface area contributed by atoms with Crippen molar-refractivity contribution in [3.8, 4) is 34.6 Å². The van der Waals surface area contributed by atoms with Crippen LogP contribution >= 0.6 is 0 Å². The number of pyridine rings is 1. The monoisotopic (exact) mass is 660 g/mol. The summed E-state index contributed by atoms with van der Waals surface area (Å²) in [5, 5.41) is 15.6. The largest absolute Gasteiger partial charge is 0.508 e. The molecule has 0 radical (unpaired) electrons. The number of anilines is 1. The third-order valence-corrected chi connectivity index (χ3v) is 11.2. The molecule has 4 saturated heterocycles. The maximum atomic E-state index is 17.2. The second-order valence-corrected chi connectivity index (χ2v) is 14.4. The summed E-state index contributed by atoms with van der Waals surface area (Å²) in [7, 11) is 0. The van der Waals surface area contributed by atoms with Crippen molar-refractivity contribution in [2.45, 2.75) is 80.9 Å². The van der Waals surface area contributed by atoms with Gasteiger partial charge >= 0.3 is 6.01 Å². The van der Waals surface area contributed by atoms with Crippen molar-refractivity contribution in [3.63, 3.8) is 0 Å². The zero-order valence-corrected chi connectivity index (χ0v) is 26.2. The Morgan fingerprint density at radius 3 is 2.83 bits per heavy atom. The van der Waals surface area contributed by atoms with Gasteiger partial charge in [-0.25, -0.2) is 18.2 Å². The molecule has 2 aromatic carbocycles. The Hall–Kier alpha value is -4.10. The summed E-state index contributed by atoms with van der Waals surface area (Å²) in [6.07, 6.45) is 4.68. The topological polar surface area (TPSA) is 105 Å². The van der Waals surface area contributed by atoms with Crippen molar-refractivity contribution in [1.29, 1.82) is 0 Å². The number of hydrogen-bond donors (Lipinski definition) is 2. The van der Waals surface area contributed by atoms with Crippen molar-refractivity contribution >= 4 is 27.5 Å². The first-order valence-electron chi connectivity index (χ1n) is 17.0. The molecule has 5 aliphatic heterocycles. The maximum Gasteiger partial charge on any atom is 0.319 e. The summed E-state index contributed by atoms with van der Waals surface area (Å²) in [5.41, 5.74) is -0.488. The number of phenolic OH excluding ortho intramolecular Hbond substituents is 1. The molecule has 48 heavy (non-hydrogen) atoms. The summed E-state index contributed by atoms with van der Waals surface area (Å²) in [5.74, 6) is -0.857. The van der Waals surface area contributed by atoms with Crippen LogP contribution in [0.2, 0.25) is 0 Å². The Balaban J connectivity index is 1.16. The molecule has 1 saturated carbocycles. The molecule has 250 valence electrons. The van der Waals surface area contributed by atoms with Crippen LogP contribution in [-0.4, -0.2) is 93.7 Å². The Bertz CT molecular complexity index is 2000. The van der Waals surface area contributed by atoms with Gasteiger partial charge in [0.25, 0.3) is 0 Å². The number of phenols is 1. The predicted octanol–water partition coefficient (Wildman–Crippen LogP) is 5.03. The molecular formula is C35H35F3N6O4. The SMILES string of the molecule is Oc1cc(-c2nc3c4c(nc(OC[C@@]56CCCN5C[C@H](F)C6)nc4c2F)N2C[C@H]4CC[C@H](N4)[C@H]2CO3)c2c(OC3CC3)c(F)ccc2c1. The molecule has 0 amide bonds. The molecule has 7 heterocycles. The van der Waals surface area contributed by atoms with Crippen LogP contribution in [0.4, 0.5) is 19.0 Å². The van der Waals surface area contributed by atoms with E-state index >= 15 is 8.78 Å². The summed E-state index contributed by atoms with van der Waals surface area (Å²) >= 11 is 0. The molecule has 5 fully saturated rings. The van der Waals surface area contributed by atoms with Crippen LogP contribution in [0.15, 0.2) is 24.3 Å². The van der Waals surface area contributed by atoms with E-state index in [1.54, 1.807) is 0 Å². The van der Waals surface area contributed by atoms with Gasteiger partial charge in [-0.1, -0.05) is 6.07 Å². The molecule has 6 aliphatic rings. The van der Waals surface area contributed by atoms with Crippen molar-refractivity contribution < 1.29 is 32.5 Å². The van der Waals surface area contributed by atoms with E-state index in [1.165, 1.54) is 24.3 Å². The van der Waals surface area contributed by atoms with Crippen LogP contribution < -0.4 is 24.4 Å². The average molecular weight is 661 g/mol. The lowest BCUT2D eigenvalue weighted by atomic mass is 9.95. The number of hydrogen-bond acceptors (Lipinski definition) is 10. The highest BCUT2D eigenvalue weighted by Gasteiger charge is 2.50. The number of halogens is 3. The molecule has 10 rings (SSSR count). The van der Waals surface area contributed by atoms with Crippen LogP contribution in [0.5, 0.6) is 23.4 Å². The lowest BCUT2D eigenvalue weighted by Gasteiger charge is -2.40. The highest BCUT2D eigenvalue weighted by Crippen LogP contribution is 2.47. The fourth-order valence-electron chi connectivity index (χ4n) is 8.85. The standard InChI is InChI=1S/C35H35F3N6O4/c36-18-12-35(8-1-9-43(35)13-18)16-47-34-41-30-27-32(42-34)44-14-19-3-7-24(39-19)25(44)15-46-33(27)40-29(28(30)38)22-11-20(45)10-17-2-6-23(37)31(26(17)22)48-21-4-5-21/h2,6,10-11,18-19,21,24-25,39,45H,1,3-5,7-9,12-16H2/t18-,19-,24+,25-,35+/m1/s1. The molecule has 2 N–H and O–H groups in total. The number of alkyl halides is 1. The number of nitrogens with one attached hydrogen (secondary N) is 1. The van der Waals surface area contributed by atoms with Crippen LogP contribution in [0, 0.1) is 11.6 Å². The number of piperazine rings is 1. The Kier molecular flexibility index (Phi) is 6.28. The van der Waals surface area contributed by atoms with Gasteiger partial charge in [0, 0.05) is 42.5 Å². The van der Waals surface area contributed by atoms with Crippen molar-refractivity contribution in [3.05, 3.63) is 35.9 Å². The zero-order chi connectivity index (χ0) is 32.3. The minimum Gasteiger partial charge on any atom is -0.508 e. The number of aromatic nitrogens is 3. The van der Waals surface area contributed by atoms with Gasteiger partial charge in [0.2, 0.25) is 5.88 Å². The number of rotatable bonds is 6. The number of fused-ring (bicyclic) bond motifs is 7. The summed E-state index contributed by atoms with van der Waals surface area (Å²) in [4.78, 5) is 18.6. The van der Waals surface area contributed by atoms with E-state index in [4.69, 9.17) is 24.2 Å². The molecule has 10 nitrogen and oxygen atoms in total. The van der Waals surface area contributed by atoms with Gasteiger partial charge < -0.3 is 29.5 Å². The normalized spacial score (nSPS) is 29.2. The maximum absolute atomic E-state index is 17.2. The first kappa shape index (κ1) is 28.9. The van der Waals surface area contributed by atoms with E-state index in [1.807, 2.05) is 0 Å². The Labute approximate surface area is 274 Å². The summed E-state index contributed by atoms with van der Waals surface area (Å²) < 4.78 is 65.8. The van der Waals surface area contributed by atoms with Crippen LogP contribution in [0.3, 0.4) is 0 Å². The van der Waals surface area contributed by atoms with E-state index in [0.29, 0.717) is 41.5 Å². The van der Waals surface area contributed by atoms with E-state index in [-0.39, 0.29) is 77.6 Å². The first-order chi connectivity index (χ1) is 23.3. The van der Waals surface area contributed by atoms with Gasteiger partial charge in [0.1, 0.15) is 47.5 Å². The zero-order valence-electron chi connectivity index (χ0n) is 26.2. The van der Waals surface area contributed by atoms with E-state index in [9.17, 15) is 9.50 Å². The van der Waals surface area contributed by atoms with Crippen LogP contribution in [-0.2, 0) is 0 Å². The lowest BCUT2D eigenvalue weighted by Crippen LogP contribution is -2.60. The number of ether oxygens (including phenoxy) is 3. The Morgan fingerprint density at radius 2 is 1.96 bits per heavy atom. The average Bonchev–Trinajstić information content (AvgIpc) is 3.62. The predicted molar refractivity (Wildman–Crippen MR) is 171 cm³/mol. The third kappa shape index (κ3) is 4.42. The summed E-state index contributed by atoms with van der Waals surface area (Å²) in [6, 6.07) is 6.00. The minimum absolute atomic E-state index is 0.000806. The van der Waals surface area contributed by atoms with Crippen molar-refractivity contribution in [2.24, 2.45) is 0 Å². The van der Waals surface area contributed by atoms with Gasteiger partial charge in [-0.15, -0.1) is 0 Å². The van der Waals surface area contributed by atoms with Gasteiger partial charge in [-0.05, 0) is 68.7 Å². The van der Waals surface area contributed by atoms with Gasteiger partial charge in [-0.3, -0.25) is 4.90 Å². The molecule has 13 heteroatoms. The molecular weight excluding hydrogens is 625 g/mol. The number of nitrogens with zero attached hydrogens (tertiary/aromatic N) is 5. The molecule has 2 aromatic heterocycles. The fraction of sp³-hybridized carbons (Fsp3) is 0.514. The summed E-state index contributed by atoms with van der Waals surface area (Å²) in [6.45, 7) is 2.32. The smallest absolute Gasteiger partial charge is 0.319 e. The molecule has 4 aromatic rings. The second kappa shape index (κ2) is 10.4. The minimum atomic E-state index is -0.922. The number of benzene rings is 2. The molecule has 0 spiro atoms. The molecule has 5 atom stereocenters. The molecule has 0 unspecified atom stereocenters. The van der Waals surface area contributed by atoms with E-state index in [0.717, 1.165) is 45.1 Å². The third-order valence-electron chi connectivity index (χ3n) is 11.2. The van der Waals surface area contributed by atoms with Crippen LogP contribution in [0.25, 0.3) is 32.9 Å². The highest BCUT2D eigenvalue weighted by atomic mass is 19.1. The van der Waals surface area contributed by atoms with Crippen molar-refractivity contribution in [2.75, 3.05) is 37.7 Å². The van der Waals surface area contributed by atoms with Crippen molar-refractivity contribution in [1.82, 2.24) is 25.2 Å². The highest BCUT2D eigenvalue weighted by molar-refractivity contribution is 6.04. The molecule has 2 bridgehead atoms. The van der Waals surface area contributed by atoms with E-state index < -0.39 is 23.3 Å². The van der Waals surface area contributed by atoms with Gasteiger partial charge in [-0.2, -0.15) is 9.97 Å².